The number of nitrogens with zero attached hydrogens (tertiary/aromatic N) is 4. The van der Waals surface area contributed by atoms with Crippen LogP contribution in [0, 0.1) is 6.92 Å². The van der Waals surface area contributed by atoms with Crippen molar-refractivity contribution >= 4 is 11.3 Å². The Morgan fingerprint density at radius 2 is 2.00 bits per heavy atom. The number of aromatic nitrogens is 4. The summed E-state index contributed by atoms with van der Waals surface area (Å²) >= 11 is 0. The van der Waals surface area contributed by atoms with E-state index in [1.165, 1.54) is 0 Å². The monoisotopic (exact) mass is 253 g/mol. The number of aryl methyl sites for hydroxylation is 1. The second-order valence-corrected chi connectivity index (χ2v) is 4.42. The predicted octanol–water partition coefficient (Wildman–Crippen LogP) is 2.09. The molecule has 0 aliphatic carbocycles. The molecule has 0 fully saturated rings. The van der Waals surface area contributed by atoms with Gasteiger partial charge in [-0.15, -0.1) is 10.2 Å². The largest absolute Gasteiger partial charge is 0.385 e. The molecule has 3 aromatic rings. The molecule has 0 saturated carbocycles. The number of hydrogen-bond donors (Lipinski definition) is 1. The molecule has 1 aromatic carbocycles. The van der Waals surface area contributed by atoms with Gasteiger partial charge in [0.15, 0.2) is 5.65 Å². The van der Waals surface area contributed by atoms with Gasteiger partial charge in [-0.25, -0.2) is 4.98 Å². The van der Waals surface area contributed by atoms with Gasteiger partial charge in [-0.1, -0.05) is 18.2 Å². The van der Waals surface area contributed by atoms with Crippen molar-refractivity contribution in [2.75, 3.05) is 11.9 Å². The smallest absolute Gasteiger partial charge is 0.163 e. The van der Waals surface area contributed by atoms with Crippen LogP contribution in [0.4, 0.5) is 5.69 Å². The molecular formula is C14H15N5. The molecule has 19 heavy (non-hydrogen) atoms. The highest BCUT2D eigenvalue weighted by Crippen LogP contribution is 2.07. The van der Waals surface area contributed by atoms with Crippen molar-refractivity contribution in [3.63, 3.8) is 0 Å². The van der Waals surface area contributed by atoms with Crippen LogP contribution in [0.3, 0.4) is 0 Å². The van der Waals surface area contributed by atoms with Crippen molar-refractivity contribution in [1.82, 2.24) is 19.6 Å². The second-order valence-electron chi connectivity index (χ2n) is 4.42. The van der Waals surface area contributed by atoms with Crippen molar-refractivity contribution in [3.8, 4) is 0 Å². The second kappa shape index (κ2) is 5.06. The Balaban J connectivity index is 1.69. The molecule has 0 unspecified atom stereocenters. The standard InChI is InChI=1S/C14H15N5/c1-11-9-14-18-17-13(19(14)10-16-11)7-8-15-12-5-3-2-4-6-12/h2-6,9-10,15H,7-8H2,1H3. The van der Waals surface area contributed by atoms with Gasteiger partial charge in [0, 0.05) is 30.4 Å². The van der Waals surface area contributed by atoms with E-state index >= 15 is 0 Å². The molecule has 96 valence electrons. The van der Waals surface area contributed by atoms with Gasteiger partial charge in [0.2, 0.25) is 0 Å². The van der Waals surface area contributed by atoms with E-state index in [9.17, 15) is 0 Å². The van der Waals surface area contributed by atoms with E-state index in [1.807, 2.05) is 47.7 Å². The molecular weight excluding hydrogens is 238 g/mol. The first-order valence-corrected chi connectivity index (χ1v) is 6.28. The lowest BCUT2D eigenvalue weighted by atomic mass is 10.3. The minimum Gasteiger partial charge on any atom is -0.385 e. The summed E-state index contributed by atoms with van der Waals surface area (Å²) in [6, 6.07) is 12.1. The van der Waals surface area contributed by atoms with Crippen molar-refractivity contribution in [3.05, 3.63) is 54.2 Å². The van der Waals surface area contributed by atoms with Gasteiger partial charge >= 0.3 is 0 Å². The van der Waals surface area contributed by atoms with Crippen LogP contribution in [-0.2, 0) is 6.42 Å². The highest BCUT2D eigenvalue weighted by molar-refractivity contribution is 5.42. The normalized spacial score (nSPS) is 10.8. The number of benzene rings is 1. The summed E-state index contributed by atoms with van der Waals surface area (Å²) in [6.45, 7) is 2.77. The quantitative estimate of drug-likeness (QED) is 0.773. The Morgan fingerprint density at radius 1 is 1.16 bits per heavy atom. The Labute approximate surface area is 111 Å². The summed E-state index contributed by atoms with van der Waals surface area (Å²) in [4.78, 5) is 4.27. The third-order valence-corrected chi connectivity index (χ3v) is 2.96. The van der Waals surface area contributed by atoms with Crippen LogP contribution >= 0.6 is 0 Å². The number of fused-ring (bicyclic) bond motifs is 1. The number of nitrogens with one attached hydrogen (secondary N) is 1. The van der Waals surface area contributed by atoms with Gasteiger partial charge in [-0.2, -0.15) is 0 Å². The highest BCUT2D eigenvalue weighted by Gasteiger charge is 2.05. The first kappa shape index (κ1) is 11.6. The van der Waals surface area contributed by atoms with Crippen molar-refractivity contribution in [1.29, 1.82) is 0 Å². The third-order valence-electron chi connectivity index (χ3n) is 2.96. The Hall–Kier alpha value is -2.43. The summed E-state index contributed by atoms with van der Waals surface area (Å²) in [6.07, 6.45) is 2.59. The van der Waals surface area contributed by atoms with Crippen LogP contribution in [0.1, 0.15) is 11.5 Å². The Morgan fingerprint density at radius 3 is 2.84 bits per heavy atom. The van der Waals surface area contributed by atoms with Crippen LogP contribution in [-0.4, -0.2) is 26.1 Å². The molecule has 0 amide bonds. The lowest BCUT2D eigenvalue weighted by molar-refractivity contribution is 0.859. The van der Waals surface area contributed by atoms with E-state index < -0.39 is 0 Å². The van der Waals surface area contributed by atoms with E-state index in [1.54, 1.807) is 6.33 Å². The zero-order chi connectivity index (χ0) is 13.1. The molecule has 0 spiro atoms. The topological polar surface area (TPSA) is 55.1 Å². The van der Waals surface area contributed by atoms with Gasteiger partial charge in [0.25, 0.3) is 0 Å². The Kier molecular flexibility index (Phi) is 3.10. The van der Waals surface area contributed by atoms with Gasteiger partial charge in [0.05, 0.1) is 0 Å². The van der Waals surface area contributed by atoms with E-state index in [-0.39, 0.29) is 0 Å². The molecule has 5 nitrogen and oxygen atoms in total. The summed E-state index contributed by atoms with van der Waals surface area (Å²) in [5.41, 5.74) is 2.92. The van der Waals surface area contributed by atoms with E-state index in [2.05, 4.69) is 20.5 Å². The SMILES string of the molecule is Cc1cc2nnc(CCNc3ccccc3)n2cn1. The fourth-order valence-corrected chi connectivity index (χ4v) is 1.98. The fourth-order valence-electron chi connectivity index (χ4n) is 1.98. The molecule has 0 radical (unpaired) electrons. The maximum absolute atomic E-state index is 4.27. The van der Waals surface area contributed by atoms with Crippen molar-refractivity contribution < 1.29 is 0 Å². The molecule has 2 aromatic heterocycles. The van der Waals surface area contributed by atoms with Crippen LogP contribution in [0.25, 0.3) is 5.65 Å². The van der Waals surface area contributed by atoms with Gasteiger partial charge < -0.3 is 5.32 Å². The first-order chi connectivity index (χ1) is 9.33. The van der Waals surface area contributed by atoms with Crippen molar-refractivity contribution in [2.45, 2.75) is 13.3 Å². The highest BCUT2D eigenvalue weighted by atomic mass is 15.3. The van der Waals surface area contributed by atoms with Crippen LogP contribution in [0.5, 0.6) is 0 Å². The minimum atomic E-state index is 0.806. The average molecular weight is 253 g/mol. The maximum Gasteiger partial charge on any atom is 0.163 e. The molecule has 0 saturated heterocycles. The summed E-state index contributed by atoms with van der Waals surface area (Å²) in [5.74, 6) is 0.922. The lowest BCUT2D eigenvalue weighted by Gasteiger charge is -2.04. The van der Waals surface area contributed by atoms with Crippen LogP contribution < -0.4 is 5.32 Å². The van der Waals surface area contributed by atoms with Gasteiger partial charge in [-0.05, 0) is 19.1 Å². The summed E-state index contributed by atoms with van der Waals surface area (Å²) in [5, 5.41) is 11.7. The molecule has 3 rings (SSSR count). The van der Waals surface area contributed by atoms with E-state index in [0.29, 0.717) is 0 Å². The van der Waals surface area contributed by atoms with E-state index in [0.717, 1.165) is 35.8 Å². The fraction of sp³-hybridized carbons (Fsp3) is 0.214. The molecule has 0 bridgehead atoms. The zero-order valence-electron chi connectivity index (χ0n) is 10.7. The summed E-state index contributed by atoms with van der Waals surface area (Å²) in [7, 11) is 0. The van der Waals surface area contributed by atoms with Gasteiger partial charge in [-0.3, -0.25) is 4.40 Å². The lowest BCUT2D eigenvalue weighted by Crippen LogP contribution is -2.07. The molecule has 5 heteroatoms. The third kappa shape index (κ3) is 2.54. The zero-order valence-corrected chi connectivity index (χ0v) is 10.7. The van der Waals surface area contributed by atoms with Crippen molar-refractivity contribution in [2.24, 2.45) is 0 Å². The van der Waals surface area contributed by atoms with Crippen LogP contribution in [0.15, 0.2) is 42.7 Å². The molecule has 0 aliphatic rings. The Bertz CT molecular complexity index is 675. The minimum absolute atomic E-state index is 0.806. The van der Waals surface area contributed by atoms with Gasteiger partial charge in [0.1, 0.15) is 12.2 Å². The van der Waals surface area contributed by atoms with E-state index in [4.69, 9.17) is 0 Å². The predicted molar refractivity (Wildman–Crippen MR) is 74.2 cm³/mol. The number of anilines is 1. The molecule has 0 aliphatic heterocycles. The molecule has 0 atom stereocenters. The first-order valence-electron chi connectivity index (χ1n) is 6.28. The maximum atomic E-state index is 4.27. The van der Waals surface area contributed by atoms with Crippen LogP contribution in [0.2, 0.25) is 0 Å². The summed E-state index contributed by atoms with van der Waals surface area (Å²) < 4.78 is 1.93. The average Bonchev–Trinajstić information content (AvgIpc) is 2.82. The molecule has 1 N–H and O–H groups in total. The number of rotatable bonds is 4. The molecule has 2 heterocycles. The number of hydrogen-bond acceptors (Lipinski definition) is 4. The number of para-hydroxylation sites is 1.